The third kappa shape index (κ3) is 4.33. The number of benzene rings is 7. The standard InChI is InChI=1S/C45H27N5S/c1-3-13-28(14-4-1)43-46-44(29-15-5-2-6-16-29)48-45(47-43)50-37-20-10-7-17-32(37)34-25-30(23-24-38(34)50)31-26-35-33-18-8-9-19-36(33)49-39-21-11-12-22-40(39)51-41(27-31)42(35)49/h1-27H. The van der Waals surface area contributed by atoms with E-state index in [9.17, 15) is 0 Å². The molecule has 6 heteroatoms. The molecule has 0 spiro atoms. The number of para-hydroxylation sites is 3. The van der Waals surface area contributed by atoms with Crippen LogP contribution in [-0.4, -0.2) is 24.1 Å². The van der Waals surface area contributed by atoms with Crippen LogP contribution in [0.15, 0.2) is 174 Å². The first kappa shape index (κ1) is 28.3. The van der Waals surface area contributed by atoms with Crippen molar-refractivity contribution >= 4 is 55.4 Å². The van der Waals surface area contributed by atoms with Gasteiger partial charge in [0.1, 0.15) is 0 Å². The van der Waals surface area contributed by atoms with Crippen LogP contribution >= 0.6 is 11.8 Å². The van der Waals surface area contributed by atoms with Crippen LogP contribution in [0.25, 0.3) is 89.2 Å². The maximum absolute atomic E-state index is 5.10. The highest BCUT2D eigenvalue weighted by Gasteiger charge is 2.24. The molecule has 238 valence electrons. The zero-order valence-corrected chi connectivity index (χ0v) is 28.0. The largest absolute Gasteiger partial charge is 0.307 e. The summed E-state index contributed by atoms with van der Waals surface area (Å²) in [6, 6.07) is 57.8. The average Bonchev–Trinajstić information content (AvgIpc) is 3.72. The van der Waals surface area contributed by atoms with Crippen LogP contribution in [0.2, 0.25) is 0 Å². The number of fused-ring (bicyclic) bond motifs is 8. The smallest absolute Gasteiger partial charge is 0.238 e. The molecule has 3 aromatic heterocycles. The molecule has 7 aromatic carbocycles. The first-order valence-corrected chi connectivity index (χ1v) is 17.9. The molecule has 0 N–H and O–H groups in total. The monoisotopic (exact) mass is 669 g/mol. The molecule has 5 nitrogen and oxygen atoms in total. The molecule has 0 saturated heterocycles. The van der Waals surface area contributed by atoms with Crippen molar-refractivity contribution in [2.24, 2.45) is 0 Å². The molecule has 4 heterocycles. The SMILES string of the molecule is c1ccc(-c2nc(-c3ccccc3)nc(-n3c4ccccc4c4cc(-c5cc6c7c(c5)c5ccccc5n7-c5ccccc5S6)ccc43)n2)cc1. The van der Waals surface area contributed by atoms with Crippen LogP contribution < -0.4 is 0 Å². The van der Waals surface area contributed by atoms with Crippen molar-refractivity contribution in [3.05, 3.63) is 164 Å². The fourth-order valence-electron chi connectivity index (χ4n) is 7.67. The van der Waals surface area contributed by atoms with Crippen molar-refractivity contribution < 1.29 is 0 Å². The Morgan fingerprint density at radius 2 is 0.941 bits per heavy atom. The lowest BCUT2D eigenvalue weighted by atomic mass is 10.0. The van der Waals surface area contributed by atoms with E-state index in [0.29, 0.717) is 17.6 Å². The topological polar surface area (TPSA) is 48.5 Å². The van der Waals surface area contributed by atoms with E-state index in [4.69, 9.17) is 15.0 Å². The van der Waals surface area contributed by atoms with Crippen molar-refractivity contribution in [3.8, 4) is 45.5 Å². The highest BCUT2D eigenvalue weighted by atomic mass is 32.2. The second kappa shape index (κ2) is 11.0. The molecule has 0 amide bonds. The predicted molar refractivity (Wildman–Crippen MR) is 209 cm³/mol. The van der Waals surface area contributed by atoms with Crippen LogP contribution in [-0.2, 0) is 0 Å². The van der Waals surface area contributed by atoms with Crippen molar-refractivity contribution in [2.45, 2.75) is 9.79 Å². The second-order valence-corrected chi connectivity index (χ2v) is 14.0. The number of hydrogen-bond donors (Lipinski definition) is 0. The lowest BCUT2D eigenvalue weighted by molar-refractivity contribution is 0.953. The summed E-state index contributed by atoms with van der Waals surface area (Å²) >= 11 is 1.86. The minimum Gasteiger partial charge on any atom is -0.307 e. The molecule has 0 atom stereocenters. The molecule has 11 rings (SSSR count). The predicted octanol–water partition coefficient (Wildman–Crippen LogP) is 11.5. The minimum absolute atomic E-state index is 0.593. The molecular weight excluding hydrogens is 643 g/mol. The zero-order valence-electron chi connectivity index (χ0n) is 27.2. The summed E-state index contributed by atoms with van der Waals surface area (Å²) in [6.07, 6.45) is 0. The Labute approximate surface area is 297 Å². The number of hydrogen-bond acceptors (Lipinski definition) is 4. The maximum atomic E-state index is 5.10. The molecular formula is C45H27N5S. The molecule has 10 aromatic rings. The minimum atomic E-state index is 0.593. The van der Waals surface area contributed by atoms with Gasteiger partial charge < -0.3 is 4.57 Å². The Hall–Kier alpha value is -6.50. The van der Waals surface area contributed by atoms with Gasteiger partial charge in [0.05, 0.1) is 27.8 Å². The fraction of sp³-hybridized carbons (Fsp3) is 0. The number of nitrogens with zero attached hydrogens (tertiary/aromatic N) is 5. The van der Waals surface area contributed by atoms with Gasteiger partial charge in [-0.05, 0) is 59.7 Å². The Morgan fingerprint density at radius 3 is 1.67 bits per heavy atom. The molecule has 0 aliphatic carbocycles. The maximum Gasteiger partial charge on any atom is 0.238 e. The summed E-state index contributed by atoms with van der Waals surface area (Å²) in [4.78, 5) is 17.7. The van der Waals surface area contributed by atoms with Crippen molar-refractivity contribution in [2.75, 3.05) is 0 Å². The normalized spacial score (nSPS) is 12.2. The molecule has 1 aliphatic rings. The number of aromatic nitrogens is 5. The summed E-state index contributed by atoms with van der Waals surface area (Å²) in [5.41, 5.74) is 10.1. The van der Waals surface area contributed by atoms with Crippen LogP contribution in [0.1, 0.15) is 0 Å². The third-order valence-electron chi connectivity index (χ3n) is 9.95. The van der Waals surface area contributed by atoms with Crippen LogP contribution in [0.5, 0.6) is 0 Å². The van der Waals surface area contributed by atoms with E-state index in [0.717, 1.165) is 32.9 Å². The molecule has 0 bridgehead atoms. The van der Waals surface area contributed by atoms with Gasteiger partial charge in [-0.15, -0.1) is 0 Å². The molecule has 0 radical (unpaired) electrons. The molecule has 0 fully saturated rings. The van der Waals surface area contributed by atoms with Crippen molar-refractivity contribution in [1.29, 1.82) is 0 Å². The van der Waals surface area contributed by atoms with Gasteiger partial charge in [-0.3, -0.25) is 4.57 Å². The highest BCUT2D eigenvalue weighted by molar-refractivity contribution is 7.99. The van der Waals surface area contributed by atoms with E-state index >= 15 is 0 Å². The summed E-state index contributed by atoms with van der Waals surface area (Å²) < 4.78 is 4.62. The van der Waals surface area contributed by atoms with Gasteiger partial charge in [0.25, 0.3) is 0 Å². The van der Waals surface area contributed by atoms with Gasteiger partial charge in [-0.1, -0.05) is 127 Å². The van der Waals surface area contributed by atoms with Gasteiger partial charge in [0.2, 0.25) is 5.95 Å². The Bertz CT molecular complexity index is 2940. The van der Waals surface area contributed by atoms with E-state index in [2.05, 4.69) is 112 Å². The summed E-state index contributed by atoms with van der Waals surface area (Å²) in [6.45, 7) is 0. The molecule has 0 unspecified atom stereocenters. The van der Waals surface area contributed by atoms with Gasteiger partial charge in [0, 0.05) is 42.5 Å². The van der Waals surface area contributed by atoms with E-state index < -0.39 is 0 Å². The van der Waals surface area contributed by atoms with E-state index in [1.165, 1.54) is 48.4 Å². The quantitative estimate of drug-likeness (QED) is 0.187. The Morgan fingerprint density at radius 1 is 0.373 bits per heavy atom. The number of rotatable bonds is 4. The first-order chi connectivity index (χ1) is 25.3. The summed E-state index contributed by atoms with van der Waals surface area (Å²) in [5.74, 6) is 1.88. The highest BCUT2D eigenvalue weighted by Crippen LogP contribution is 2.48. The molecule has 1 aliphatic heterocycles. The van der Waals surface area contributed by atoms with E-state index in [-0.39, 0.29) is 0 Å². The Kier molecular flexibility index (Phi) is 6.12. The third-order valence-corrected chi connectivity index (χ3v) is 11.0. The molecule has 51 heavy (non-hydrogen) atoms. The Balaban J connectivity index is 1.14. The van der Waals surface area contributed by atoms with Crippen molar-refractivity contribution in [3.63, 3.8) is 0 Å². The first-order valence-electron chi connectivity index (χ1n) is 17.0. The molecule has 0 saturated carbocycles. The van der Waals surface area contributed by atoms with Gasteiger partial charge in [-0.25, -0.2) is 4.98 Å². The van der Waals surface area contributed by atoms with E-state index in [1.54, 1.807) is 0 Å². The average molecular weight is 670 g/mol. The van der Waals surface area contributed by atoms with Gasteiger partial charge in [0.15, 0.2) is 11.6 Å². The van der Waals surface area contributed by atoms with Gasteiger partial charge >= 0.3 is 0 Å². The summed E-state index contributed by atoms with van der Waals surface area (Å²) in [7, 11) is 0. The zero-order chi connectivity index (χ0) is 33.5. The van der Waals surface area contributed by atoms with Crippen LogP contribution in [0.3, 0.4) is 0 Å². The van der Waals surface area contributed by atoms with E-state index in [1.807, 2.05) is 72.4 Å². The van der Waals surface area contributed by atoms with Crippen molar-refractivity contribution in [1.82, 2.24) is 24.1 Å². The fourth-order valence-corrected chi connectivity index (χ4v) is 8.80. The lowest BCUT2D eigenvalue weighted by Gasteiger charge is -2.20. The van der Waals surface area contributed by atoms with Crippen LogP contribution in [0, 0.1) is 0 Å². The second-order valence-electron chi connectivity index (χ2n) is 12.9. The lowest BCUT2D eigenvalue weighted by Crippen LogP contribution is -2.06. The summed E-state index contributed by atoms with van der Waals surface area (Å²) in [5, 5.41) is 4.85. The van der Waals surface area contributed by atoms with Gasteiger partial charge in [-0.2, -0.15) is 9.97 Å². The van der Waals surface area contributed by atoms with Crippen LogP contribution in [0.4, 0.5) is 0 Å².